The Morgan fingerprint density at radius 1 is 1.31 bits per heavy atom. The maximum atomic E-state index is 12.8. The van der Waals surface area contributed by atoms with Gasteiger partial charge in [-0.05, 0) is 58.3 Å². The van der Waals surface area contributed by atoms with Crippen LogP contribution in [0.2, 0.25) is 0 Å². The van der Waals surface area contributed by atoms with E-state index in [9.17, 15) is 9.59 Å². The minimum absolute atomic E-state index is 0.0944. The fourth-order valence-corrected chi connectivity index (χ4v) is 3.43. The number of rotatable bonds is 4. The second-order valence-electron chi connectivity index (χ2n) is 6.98. The Morgan fingerprint density at radius 2 is 2.00 bits per heavy atom. The molecular formula is C19H25N3O4. The number of carbonyl (C=O) groups is 1. The molecule has 7 nitrogen and oxygen atoms in total. The number of hydrogen-bond donors (Lipinski definition) is 1. The number of aromatic nitrogens is 1. The Morgan fingerprint density at radius 3 is 2.58 bits per heavy atom. The first-order valence-electron chi connectivity index (χ1n) is 8.91. The van der Waals surface area contributed by atoms with Crippen molar-refractivity contribution >= 4 is 5.91 Å². The first-order chi connectivity index (χ1) is 12.4. The van der Waals surface area contributed by atoms with Gasteiger partial charge in [-0.2, -0.15) is 0 Å². The standard InChI is InChI=1S/C19H25N3O4/c1-11-9-16(14-5-7-20-8-6-14)25-19(24)17(11)18(23)22(4)10-15-12(2)21-26-13(15)3/h9,14,20H,5-8,10H2,1-4H3. The molecule has 0 radical (unpaired) electrons. The van der Waals surface area contributed by atoms with E-state index in [1.807, 2.05) is 13.0 Å². The van der Waals surface area contributed by atoms with Gasteiger partial charge in [0.05, 0.1) is 12.2 Å². The van der Waals surface area contributed by atoms with Crippen molar-refractivity contribution in [2.45, 2.75) is 46.1 Å². The number of amides is 1. The van der Waals surface area contributed by atoms with Crippen molar-refractivity contribution in [2.24, 2.45) is 0 Å². The monoisotopic (exact) mass is 359 g/mol. The van der Waals surface area contributed by atoms with Crippen LogP contribution in [0.4, 0.5) is 0 Å². The molecule has 0 aromatic carbocycles. The molecule has 140 valence electrons. The molecule has 1 aliphatic heterocycles. The summed E-state index contributed by atoms with van der Waals surface area (Å²) in [6.07, 6.45) is 1.86. The maximum absolute atomic E-state index is 12.8. The minimum atomic E-state index is -0.561. The van der Waals surface area contributed by atoms with Gasteiger partial charge < -0.3 is 19.2 Å². The van der Waals surface area contributed by atoms with Crippen LogP contribution < -0.4 is 10.9 Å². The summed E-state index contributed by atoms with van der Waals surface area (Å²) >= 11 is 0. The predicted molar refractivity (Wildman–Crippen MR) is 96.3 cm³/mol. The summed E-state index contributed by atoms with van der Waals surface area (Å²) in [5.41, 5.74) is 1.79. The fourth-order valence-electron chi connectivity index (χ4n) is 3.43. The molecule has 0 aliphatic carbocycles. The van der Waals surface area contributed by atoms with Gasteiger partial charge in [-0.25, -0.2) is 4.79 Å². The van der Waals surface area contributed by atoms with E-state index in [4.69, 9.17) is 8.94 Å². The van der Waals surface area contributed by atoms with Crippen LogP contribution in [0, 0.1) is 20.8 Å². The van der Waals surface area contributed by atoms with Crippen LogP contribution in [-0.2, 0) is 6.54 Å². The molecule has 1 N–H and O–H groups in total. The van der Waals surface area contributed by atoms with Gasteiger partial charge in [0.25, 0.3) is 5.91 Å². The van der Waals surface area contributed by atoms with Crippen molar-refractivity contribution in [1.82, 2.24) is 15.4 Å². The summed E-state index contributed by atoms with van der Waals surface area (Å²) in [6, 6.07) is 1.84. The van der Waals surface area contributed by atoms with E-state index >= 15 is 0 Å². The summed E-state index contributed by atoms with van der Waals surface area (Å²) < 4.78 is 10.7. The van der Waals surface area contributed by atoms with E-state index in [1.54, 1.807) is 20.9 Å². The third-order valence-corrected chi connectivity index (χ3v) is 5.05. The normalized spacial score (nSPS) is 15.2. The number of aryl methyl sites for hydroxylation is 3. The van der Waals surface area contributed by atoms with Crippen molar-refractivity contribution in [3.8, 4) is 0 Å². The van der Waals surface area contributed by atoms with E-state index in [0.29, 0.717) is 23.6 Å². The zero-order chi connectivity index (χ0) is 18.8. The summed E-state index contributed by atoms with van der Waals surface area (Å²) in [5.74, 6) is 1.23. The van der Waals surface area contributed by atoms with Crippen molar-refractivity contribution < 1.29 is 13.7 Å². The quantitative estimate of drug-likeness (QED) is 0.901. The smallest absolute Gasteiger partial charge is 0.349 e. The van der Waals surface area contributed by atoms with Gasteiger partial charge in [-0.1, -0.05) is 5.16 Å². The second-order valence-corrected chi connectivity index (χ2v) is 6.98. The highest BCUT2D eigenvalue weighted by molar-refractivity contribution is 5.94. The van der Waals surface area contributed by atoms with Crippen LogP contribution in [-0.4, -0.2) is 36.1 Å². The van der Waals surface area contributed by atoms with Gasteiger partial charge >= 0.3 is 5.63 Å². The molecule has 1 fully saturated rings. The van der Waals surface area contributed by atoms with E-state index in [1.165, 1.54) is 4.90 Å². The largest absolute Gasteiger partial charge is 0.427 e. The van der Waals surface area contributed by atoms with E-state index in [0.717, 1.165) is 37.2 Å². The number of hydrogen-bond acceptors (Lipinski definition) is 6. The fraction of sp³-hybridized carbons (Fsp3) is 0.526. The van der Waals surface area contributed by atoms with E-state index in [-0.39, 0.29) is 17.4 Å². The molecule has 2 aromatic rings. The molecule has 0 bridgehead atoms. The zero-order valence-electron chi connectivity index (χ0n) is 15.7. The van der Waals surface area contributed by atoms with Crippen LogP contribution in [0.25, 0.3) is 0 Å². The van der Waals surface area contributed by atoms with Crippen molar-refractivity contribution in [2.75, 3.05) is 20.1 Å². The molecule has 1 amide bonds. The van der Waals surface area contributed by atoms with Gasteiger partial charge in [0, 0.05) is 18.5 Å². The molecule has 26 heavy (non-hydrogen) atoms. The first kappa shape index (κ1) is 18.4. The number of carbonyl (C=O) groups excluding carboxylic acids is 1. The average Bonchev–Trinajstić information content (AvgIpc) is 2.93. The molecule has 0 atom stereocenters. The molecule has 0 unspecified atom stereocenters. The van der Waals surface area contributed by atoms with Gasteiger partial charge in [0.1, 0.15) is 17.1 Å². The SMILES string of the molecule is Cc1cc(C2CCNCC2)oc(=O)c1C(=O)N(C)Cc1c(C)noc1C. The molecule has 2 aromatic heterocycles. The highest BCUT2D eigenvalue weighted by Crippen LogP contribution is 2.26. The Balaban J connectivity index is 1.83. The molecule has 1 saturated heterocycles. The Labute approximate surface area is 152 Å². The van der Waals surface area contributed by atoms with Crippen molar-refractivity contribution in [1.29, 1.82) is 0 Å². The molecular weight excluding hydrogens is 334 g/mol. The lowest BCUT2D eigenvalue weighted by Crippen LogP contribution is -2.32. The van der Waals surface area contributed by atoms with Crippen LogP contribution in [0.1, 0.15) is 57.5 Å². The van der Waals surface area contributed by atoms with Crippen molar-refractivity contribution in [3.05, 3.63) is 50.4 Å². The van der Waals surface area contributed by atoms with Gasteiger partial charge in [-0.15, -0.1) is 0 Å². The third-order valence-electron chi connectivity index (χ3n) is 5.05. The summed E-state index contributed by atoms with van der Waals surface area (Å²) in [5, 5.41) is 7.20. The topological polar surface area (TPSA) is 88.6 Å². The highest BCUT2D eigenvalue weighted by atomic mass is 16.5. The van der Waals surface area contributed by atoms with Gasteiger partial charge in [-0.3, -0.25) is 4.79 Å². The van der Waals surface area contributed by atoms with E-state index < -0.39 is 5.63 Å². The zero-order valence-corrected chi connectivity index (χ0v) is 15.7. The van der Waals surface area contributed by atoms with Crippen LogP contribution in [0.5, 0.6) is 0 Å². The molecule has 7 heteroatoms. The van der Waals surface area contributed by atoms with Crippen molar-refractivity contribution in [3.63, 3.8) is 0 Å². The molecule has 1 aliphatic rings. The van der Waals surface area contributed by atoms with Gasteiger partial charge in [0.15, 0.2) is 0 Å². The summed E-state index contributed by atoms with van der Waals surface area (Å²) in [7, 11) is 1.66. The maximum Gasteiger partial charge on any atom is 0.349 e. The highest BCUT2D eigenvalue weighted by Gasteiger charge is 2.25. The van der Waals surface area contributed by atoms with E-state index in [2.05, 4.69) is 10.5 Å². The second kappa shape index (κ2) is 7.45. The lowest BCUT2D eigenvalue weighted by Gasteiger charge is -2.22. The minimum Gasteiger partial charge on any atom is -0.427 e. The Bertz CT molecular complexity index is 843. The van der Waals surface area contributed by atoms with Crippen LogP contribution >= 0.6 is 0 Å². The van der Waals surface area contributed by atoms with Crippen LogP contribution in [0.3, 0.4) is 0 Å². The number of nitrogens with one attached hydrogen (secondary N) is 1. The van der Waals surface area contributed by atoms with Gasteiger partial charge in [0.2, 0.25) is 0 Å². The number of piperidine rings is 1. The van der Waals surface area contributed by atoms with Crippen LogP contribution in [0.15, 0.2) is 19.8 Å². The molecule has 3 rings (SSSR count). The third kappa shape index (κ3) is 3.58. The Hall–Kier alpha value is -2.41. The lowest BCUT2D eigenvalue weighted by atomic mass is 9.94. The first-order valence-corrected chi connectivity index (χ1v) is 8.91. The number of nitrogens with zero attached hydrogens (tertiary/aromatic N) is 2. The predicted octanol–water partition coefficient (Wildman–Crippen LogP) is 2.29. The summed E-state index contributed by atoms with van der Waals surface area (Å²) in [4.78, 5) is 26.8. The Kier molecular flexibility index (Phi) is 5.27. The molecule has 0 saturated carbocycles. The summed E-state index contributed by atoms with van der Waals surface area (Å²) in [6.45, 7) is 7.58. The average molecular weight is 359 g/mol. The lowest BCUT2D eigenvalue weighted by molar-refractivity contribution is 0.0778. The molecule has 0 spiro atoms. The molecule has 3 heterocycles.